The molecule has 0 aromatic rings. The van der Waals surface area contributed by atoms with E-state index in [1.807, 2.05) is 6.92 Å². The van der Waals surface area contributed by atoms with Gasteiger partial charge in [0.05, 0.1) is 13.2 Å². The molecule has 0 amide bonds. The first-order valence-corrected chi connectivity index (χ1v) is 5.09. The number of aliphatic hydroxyl groups is 2. The van der Waals surface area contributed by atoms with Gasteiger partial charge in [0.1, 0.15) is 0 Å². The quantitative estimate of drug-likeness (QED) is 0.249. The van der Waals surface area contributed by atoms with E-state index in [0.29, 0.717) is 19.7 Å². The van der Waals surface area contributed by atoms with Gasteiger partial charge in [-0.15, -0.1) is 0 Å². The first-order valence-electron chi connectivity index (χ1n) is 5.09. The van der Waals surface area contributed by atoms with Crippen molar-refractivity contribution in [1.82, 2.24) is 5.32 Å². The van der Waals surface area contributed by atoms with E-state index in [9.17, 15) is 0 Å². The fourth-order valence-electron chi connectivity index (χ4n) is 0.616. The van der Waals surface area contributed by atoms with Gasteiger partial charge in [-0.1, -0.05) is 13.3 Å². The molecule has 7 heteroatoms. The summed E-state index contributed by atoms with van der Waals surface area (Å²) < 4.78 is 4.39. The molecule has 0 aliphatic heterocycles. The predicted octanol–water partition coefficient (Wildman–Crippen LogP) is -1.67. The van der Waals surface area contributed by atoms with Gasteiger partial charge in [-0.25, -0.2) is 0 Å². The molecule has 0 aliphatic rings. The molecule has 0 fully saturated rings. The first kappa shape index (κ1) is 17.2. The Bertz CT molecular complexity index is 103. The van der Waals surface area contributed by atoms with Gasteiger partial charge in [0.2, 0.25) is 0 Å². The summed E-state index contributed by atoms with van der Waals surface area (Å²) in [7, 11) is -1.60. The minimum Gasteiger partial charge on any atom is -0.402 e. The van der Waals surface area contributed by atoms with Crippen molar-refractivity contribution in [1.29, 1.82) is 0 Å². The third-order valence-corrected chi connectivity index (χ3v) is 1.34. The molecule has 0 heterocycles. The lowest BCUT2D eigenvalue weighted by atomic mass is 10.2. The molecule has 0 unspecified atom stereocenters. The van der Waals surface area contributed by atoms with E-state index in [2.05, 4.69) is 9.97 Å². The predicted molar refractivity (Wildman–Crippen MR) is 58.1 cm³/mol. The molecule has 0 atom stereocenters. The van der Waals surface area contributed by atoms with E-state index in [4.69, 9.17) is 20.3 Å². The van der Waals surface area contributed by atoms with E-state index in [1.54, 1.807) is 0 Å². The second-order valence-electron chi connectivity index (χ2n) is 2.75. The van der Waals surface area contributed by atoms with E-state index in [0.717, 1.165) is 12.8 Å². The van der Waals surface area contributed by atoms with Gasteiger partial charge in [0.15, 0.2) is 0 Å². The van der Waals surface area contributed by atoms with Gasteiger partial charge in [-0.2, -0.15) is 0 Å². The maximum Gasteiger partial charge on any atom is 0.633 e. The highest BCUT2D eigenvalue weighted by atomic mass is 16.6. The number of aliphatic hydroxyl groups excluding tert-OH is 2. The lowest BCUT2D eigenvalue weighted by Gasteiger charge is -1.97. The standard InChI is InChI=1S/C4H11BO3.C4H11NO2/c1-2-3-4-8-5(6)7;6-3-1-5-2-4-7/h6-7H,2-4H2,1H3;5-7H,1-4H2. The van der Waals surface area contributed by atoms with Crippen LogP contribution < -0.4 is 5.32 Å². The minimum absolute atomic E-state index is 0.139. The number of hydrogen-bond acceptors (Lipinski definition) is 6. The molecule has 0 aromatic heterocycles. The van der Waals surface area contributed by atoms with Crippen molar-refractivity contribution in [2.24, 2.45) is 0 Å². The number of hydrogen-bond donors (Lipinski definition) is 5. The molecular weight excluding hydrogens is 201 g/mol. The Morgan fingerprint density at radius 1 is 1.13 bits per heavy atom. The summed E-state index contributed by atoms with van der Waals surface area (Å²) in [6.45, 7) is 3.85. The Labute approximate surface area is 91.1 Å². The largest absolute Gasteiger partial charge is 0.633 e. The monoisotopic (exact) mass is 223 g/mol. The zero-order valence-electron chi connectivity index (χ0n) is 9.22. The Morgan fingerprint density at radius 2 is 1.67 bits per heavy atom. The Morgan fingerprint density at radius 3 is 2.00 bits per heavy atom. The number of nitrogens with one attached hydrogen (secondary N) is 1. The SMILES string of the molecule is CCCCOB(O)O.OCCNCCO. The van der Waals surface area contributed by atoms with Crippen LogP contribution in [0.5, 0.6) is 0 Å². The highest BCUT2D eigenvalue weighted by Gasteiger charge is 2.05. The van der Waals surface area contributed by atoms with E-state index in [-0.39, 0.29) is 13.2 Å². The van der Waals surface area contributed by atoms with Gasteiger partial charge in [0.25, 0.3) is 0 Å². The van der Waals surface area contributed by atoms with Gasteiger partial charge < -0.3 is 30.2 Å². The van der Waals surface area contributed by atoms with Crippen molar-refractivity contribution in [3.8, 4) is 0 Å². The fraction of sp³-hybridized carbons (Fsp3) is 1.00. The van der Waals surface area contributed by atoms with Crippen molar-refractivity contribution in [3.05, 3.63) is 0 Å². The summed E-state index contributed by atoms with van der Waals surface area (Å²) in [6, 6.07) is 0. The van der Waals surface area contributed by atoms with Crippen LogP contribution in [-0.2, 0) is 4.65 Å². The van der Waals surface area contributed by atoms with Gasteiger partial charge >= 0.3 is 7.32 Å². The van der Waals surface area contributed by atoms with Crippen LogP contribution in [0.4, 0.5) is 0 Å². The van der Waals surface area contributed by atoms with Crippen LogP contribution in [0.25, 0.3) is 0 Å². The van der Waals surface area contributed by atoms with Crippen LogP contribution in [0.2, 0.25) is 0 Å². The van der Waals surface area contributed by atoms with Crippen LogP contribution >= 0.6 is 0 Å². The van der Waals surface area contributed by atoms with Crippen LogP contribution in [0.3, 0.4) is 0 Å². The zero-order valence-corrected chi connectivity index (χ0v) is 9.22. The molecule has 0 radical (unpaired) electrons. The fourth-order valence-corrected chi connectivity index (χ4v) is 0.616. The molecule has 92 valence electrons. The molecule has 15 heavy (non-hydrogen) atoms. The van der Waals surface area contributed by atoms with E-state index >= 15 is 0 Å². The van der Waals surface area contributed by atoms with Gasteiger partial charge in [-0.05, 0) is 6.42 Å². The van der Waals surface area contributed by atoms with Crippen molar-refractivity contribution >= 4 is 7.32 Å². The normalized spacial score (nSPS) is 9.40. The summed E-state index contributed by atoms with van der Waals surface area (Å²) in [4.78, 5) is 0. The average Bonchev–Trinajstić information content (AvgIpc) is 2.20. The minimum atomic E-state index is -1.60. The van der Waals surface area contributed by atoms with Crippen LogP contribution in [0.1, 0.15) is 19.8 Å². The molecule has 5 N–H and O–H groups in total. The molecule has 0 rings (SSSR count). The van der Waals surface area contributed by atoms with Crippen molar-refractivity contribution in [3.63, 3.8) is 0 Å². The van der Waals surface area contributed by atoms with Gasteiger partial charge in [0, 0.05) is 19.7 Å². The summed E-state index contributed by atoms with van der Waals surface area (Å²) in [5, 5.41) is 35.3. The highest BCUT2D eigenvalue weighted by molar-refractivity contribution is 6.32. The van der Waals surface area contributed by atoms with E-state index in [1.165, 1.54) is 0 Å². The highest BCUT2D eigenvalue weighted by Crippen LogP contribution is 1.86. The summed E-state index contributed by atoms with van der Waals surface area (Å²) in [6.07, 6.45) is 1.88. The first-order chi connectivity index (χ1) is 7.18. The molecule has 6 nitrogen and oxygen atoms in total. The number of unbranched alkanes of at least 4 members (excludes halogenated alkanes) is 1. The van der Waals surface area contributed by atoms with Crippen LogP contribution in [0, 0.1) is 0 Å². The molecule has 0 aliphatic carbocycles. The second-order valence-corrected chi connectivity index (χ2v) is 2.75. The van der Waals surface area contributed by atoms with Crippen molar-refractivity contribution < 1.29 is 24.9 Å². The maximum absolute atomic E-state index is 8.15. The lowest BCUT2D eigenvalue weighted by Crippen LogP contribution is -2.21. The topological polar surface area (TPSA) is 102 Å². The summed E-state index contributed by atoms with van der Waals surface area (Å²) in [5.74, 6) is 0. The second kappa shape index (κ2) is 16.3. The lowest BCUT2D eigenvalue weighted by molar-refractivity contribution is 0.183. The smallest absolute Gasteiger partial charge is 0.402 e. The molecule has 0 aromatic carbocycles. The number of rotatable bonds is 8. The van der Waals surface area contributed by atoms with Crippen molar-refractivity contribution in [2.45, 2.75) is 19.8 Å². The summed E-state index contributed by atoms with van der Waals surface area (Å²) in [5.41, 5.74) is 0. The molecule has 0 saturated carbocycles. The zero-order chi connectivity index (χ0) is 11.9. The maximum atomic E-state index is 8.15. The van der Waals surface area contributed by atoms with Crippen molar-refractivity contribution in [2.75, 3.05) is 32.9 Å². The molecule has 0 spiro atoms. The molecule has 0 saturated heterocycles. The Balaban J connectivity index is 0. The summed E-state index contributed by atoms with van der Waals surface area (Å²) >= 11 is 0. The third kappa shape index (κ3) is 24.8. The average molecular weight is 223 g/mol. The van der Waals surface area contributed by atoms with Gasteiger partial charge in [-0.3, -0.25) is 0 Å². The Hall–Kier alpha value is -0.175. The molecular formula is C8H22BNO5. The van der Waals surface area contributed by atoms with Crippen LogP contribution in [0.15, 0.2) is 0 Å². The molecule has 0 bridgehead atoms. The third-order valence-electron chi connectivity index (χ3n) is 1.34. The van der Waals surface area contributed by atoms with Crippen LogP contribution in [-0.4, -0.2) is 60.5 Å². The Kier molecular flexibility index (Phi) is 18.7. The van der Waals surface area contributed by atoms with E-state index < -0.39 is 7.32 Å².